The molecule has 9 nitrogen and oxygen atoms in total. The normalized spacial score (nSPS) is 10.0. The number of non-ortho nitro benzene ring substituents is 1. The number of amides is 2. The fourth-order valence-corrected chi connectivity index (χ4v) is 2.26. The van der Waals surface area contributed by atoms with Crippen molar-refractivity contribution in [3.8, 4) is 0 Å². The Morgan fingerprint density at radius 2 is 1.67 bits per heavy atom. The summed E-state index contributed by atoms with van der Waals surface area (Å²) in [7, 11) is 0. The van der Waals surface area contributed by atoms with Crippen LogP contribution in [0.3, 0.4) is 0 Å². The molecule has 0 saturated carbocycles. The summed E-state index contributed by atoms with van der Waals surface area (Å²) in [5, 5.41) is 11.4. The van der Waals surface area contributed by atoms with E-state index in [9.17, 15) is 24.5 Å². The van der Waals surface area contributed by atoms with Crippen LogP contribution >= 0.6 is 11.6 Å². The number of benzene rings is 2. The van der Waals surface area contributed by atoms with E-state index < -0.39 is 28.4 Å². The lowest BCUT2D eigenvalue weighted by Gasteiger charge is -2.09. The molecule has 0 aliphatic rings. The van der Waals surface area contributed by atoms with Gasteiger partial charge in [-0.2, -0.15) is 0 Å². The Morgan fingerprint density at radius 3 is 2.26 bits per heavy atom. The SMILES string of the molecule is CCOC(=O)c1cc(C(=O)NNC(=O)c2cccc(Cl)c2)cc([N+](=O)[O-])c1. The molecule has 27 heavy (non-hydrogen) atoms. The van der Waals surface area contributed by atoms with Crippen molar-refractivity contribution in [1.82, 2.24) is 10.9 Å². The standard InChI is InChI=1S/C17H14ClN3O6/c1-2-27-17(24)12-6-11(8-14(9-12)21(25)26)16(23)20-19-15(22)10-4-3-5-13(18)7-10/h3-9H,2H2,1H3,(H,19,22)(H,20,23). The van der Waals surface area contributed by atoms with Crippen LogP contribution in [0, 0.1) is 10.1 Å². The monoisotopic (exact) mass is 391 g/mol. The summed E-state index contributed by atoms with van der Waals surface area (Å²) in [4.78, 5) is 46.3. The molecule has 0 radical (unpaired) electrons. The quantitative estimate of drug-likeness (QED) is 0.458. The van der Waals surface area contributed by atoms with Gasteiger partial charge in [-0.15, -0.1) is 0 Å². The minimum absolute atomic E-state index is 0.0682. The van der Waals surface area contributed by atoms with Crippen LogP contribution in [0.15, 0.2) is 42.5 Å². The van der Waals surface area contributed by atoms with E-state index in [1.165, 1.54) is 12.1 Å². The molecule has 0 saturated heterocycles. The van der Waals surface area contributed by atoms with Crippen molar-refractivity contribution in [3.63, 3.8) is 0 Å². The number of nitrogens with one attached hydrogen (secondary N) is 2. The molecule has 2 amide bonds. The Labute approximate surface area is 158 Å². The minimum atomic E-state index is -0.848. The summed E-state index contributed by atoms with van der Waals surface area (Å²) in [6.07, 6.45) is 0. The van der Waals surface area contributed by atoms with Gasteiger partial charge in [0.05, 0.1) is 17.1 Å². The highest BCUT2D eigenvalue weighted by Gasteiger charge is 2.19. The zero-order chi connectivity index (χ0) is 20.0. The van der Waals surface area contributed by atoms with Gasteiger partial charge in [-0.05, 0) is 31.2 Å². The van der Waals surface area contributed by atoms with Crippen LogP contribution in [0.4, 0.5) is 5.69 Å². The van der Waals surface area contributed by atoms with Crippen molar-refractivity contribution in [1.29, 1.82) is 0 Å². The molecular formula is C17H14ClN3O6. The van der Waals surface area contributed by atoms with Crippen LogP contribution in [-0.2, 0) is 4.74 Å². The number of ether oxygens (including phenoxy) is 1. The molecule has 0 unspecified atom stereocenters. The van der Waals surface area contributed by atoms with E-state index in [1.54, 1.807) is 19.1 Å². The summed E-state index contributed by atoms with van der Waals surface area (Å²) in [5.74, 6) is -2.29. The zero-order valence-corrected chi connectivity index (χ0v) is 14.8. The fourth-order valence-electron chi connectivity index (χ4n) is 2.07. The summed E-state index contributed by atoms with van der Waals surface area (Å²) in [6, 6.07) is 9.13. The third-order valence-electron chi connectivity index (χ3n) is 3.28. The lowest BCUT2D eigenvalue weighted by atomic mass is 10.1. The number of hydrogen-bond acceptors (Lipinski definition) is 6. The Hall–Kier alpha value is -3.46. The molecule has 0 aliphatic heterocycles. The van der Waals surface area contributed by atoms with Gasteiger partial charge in [0, 0.05) is 28.3 Å². The first-order valence-corrected chi connectivity index (χ1v) is 8.02. The number of nitrogens with zero attached hydrogens (tertiary/aromatic N) is 1. The number of carbonyl (C=O) groups is 3. The largest absolute Gasteiger partial charge is 0.462 e. The Bertz CT molecular complexity index is 915. The molecule has 0 fully saturated rings. The second-order valence-electron chi connectivity index (χ2n) is 5.16. The number of nitro benzene ring substituents is 1. The number of hydrogen-bond donors (Lipinski definition) is 2. The number of hydrazine groups is 1. The van der Waals surface area contributed by atoms with E-state index in [4.69, 9.17) is 16.3 Å². The smallest absolute Gasteiger partial charge is 0.338 e. The number of carbonyl (C=O) groups excluding carboxylic acids is 3. The number of esters is 1. The predicted octanol–water partition coefficient (Wildman–Crippen LogP) is 2.50. The molecule has 10 heteroatoms. The molecule has 0 aliphatic carbocycles. The van der Waals surface area contributed by atoms with Gasteiger partial charge < -0.3 is 4.74 Å². The number of halogens is 1. The van der Waals surface area contributed by atoms with E-state index in [1.807, 2.05) is 0 Å². The van der Waals surface area contributed by atoms with E-state index in [0.29, 0.717) is 5.02 Å². The molecule has 2 aromatic rings. The molecule has 0 atom stereocenters. The van der Waals surface area contributed by atoms with Crippen LogP contribution in [0.5, 0.6) is 0 Å². The van der Waals surface area contributed by atoms with E-state index in [2.05, 4.69) is 10.9 Å². The van der Waals surface area contributed by atoms with Crippen molar-refractivity contribution >= 4 is 35.1 Å². The molecule has 0 bridgehead atoms. The van der Waals surface area contributed by atoms with Crippen molar-refractivity contribution in [2.24, 2.45) is 0 Å². The topological polar surface area (TPSA) is 128 Å². The molecule has 2 aromatic carbocycles. The van der Waals surface area contributed by atoms with E-state index in [-0.39, 0.29) is 23.3 Å². The average Bonchev–Trinajstić information content (AvgIpc) is 2.65. The Morgan fingerprint density at radius 1 is 1.04 bits per heavy atom. The van der Waals surface area contributed by atoms with Crippen LogP contribution in [0.25, 0.3) is 0 Å². The molecule has 2 rings (SSSR count). The summed E-state index contributed by atoms with van der Waals surface area (Å²) >= 11 is 5.79. The van der Waals surface area contributed by atoms with Gasteiger partial charge in [-0.25, -0.2) is 4.79 Å². The maximum Gasteiger partial charge on any atom is 0.338 e. The van der Waals surface area contributed by atoms with Crippen molar-refractivity contribution < 1.29 is 24.0 Å². The first-order chi connectivity index (χ1) is 12.8. The van der Waals surface area contributed by atoms with Crippen molar-refractivity contribution in [3.05, 3.63) is 74.3 Å². The maximum atomic E-state index is 12.2. The van der Waals surface area contributed by atoms with Crippen LogP contribution in [0.1, 0.15) is 38.0 Å². The minimum Gasteiger partial charge on any atom is -0.462 e. The third-order valence-corrected chi connectivity index (χ3v) is 3.51. The molecule has 0 heterocycles. The second-order valence-corrected chi connectivity index (χ2v) is 5.60. The van der Waals surface area contributed by atoms with Gasteiger partial charge in [0.1, 0.15) is 0 Å². The summed E-state index contributed by atoms with van der Waals surface area (Å²) in [5.41, 5.74) is 3.67. The van der Waals surface area contributed by atoms with Crippen molar-refractivity contribution in [2.45, 2.75) is 6.92 Å². The first-order valence-electron chi connectivity index (χ1n) is 7.64. The lowest BCUT2D eigenvalue weighted by Crippen LogP contribution is -2.41. The number of rotatable bonds is 5. The Balaban J connectivity index is 2.18. The highest BCUT2D eigenvalue weighted by molar-refractivity contribution is 6.31. The molecule has 0 spiro atoms. The molecule has 0 aromatic heterocycles. The molecule has 2 N–H and O–H groups in total. The van der Waals surface area contributed by atoms with Crippen LogP contribution < -0.4 is 10.9 Å². The lowest BCUT2D eigenvalue weighted by molar-refractivity contribution is -0.384. The highest BCUT2D eigenvalue weighted by atomic mass is 35.5. The highest BCUT2D eigenvalue weighted by Crippen LogP contribution is 2.18. The van der Waals surface area contributed by atoms with Gasteiger partial charge in [0.25, 0.3) is 17.5 Å². The van der Waals surface area contributed by atoms with E-state index >= 15 is 0 Å². The summed E-state index contributed by atoms with van der Waals surface area (Å²) < 4.78 is 4.79. The number of nitro groups is 1. The fraction of sp³-hybridized carbons (Fsp3) is 0.118. The average molecular weight is 392 g/mol. The van der Waals surface area contributed by atoms with Gasteiger partial charge in [0.2, 0.25) is 0 Å². The second kappa shape index (κ2) is 8.77. The third kappa shape index (κ3) is 5.25. The zero-order valence-electron chi connectivity index (χ0n) is 14.0. The van der Waals surface area contributed by atoms with Crippen LogP contribution in [0.2, 0.25) is 5.02 Å². The van der Waals surface area contributed by atoms with Gasteiger partial charge in [-0.3, -0.25) is 30.6 Å². The van der Waals surface area contributed by atoms with Gasteiger partial charge in [-0.1, -0.05) is 17.7 Å². The summed E-state index contributed by atoms with van der Waals surface area (Å²) in [6.45, 7) is 1.65. The first kappa shape index (κ1) is 19.9. The molecular weight excluding hydrogens is 378 g/mol. The maximum absolute atomic E-state index is 12.2. The predicted molar refractivity (Wildman–Crippen MR) is 95.4 cm³/mol. The van der Waals surface area contributed by atoms with Gasteiger partial charge in [0.15, 0.2) is 0 Å². The molecule has 140 valence electrons. The van der Waals surface area contributed by atoms with Gasteiger partial charge >= 0.3 is 5.97 Å². The van der Waals surface area contributed by atoms with E-state index in [0.717, 1.165) is 18.2 Å². The Kier molecular flexibility index (Phi) is 6.45. The van der Waals surface area contributed by atoms with Crippen molar-refractivity contribution in [2.75, 3.05) is 6.61 Å². The van der Waals surface area contributed by atoms with Crippen LogP contribution in [-0.4, -0.2) is 29.3 Å².